The molecule has 3 heteroatoms. The van der Waals surface area contributed by atoms with Gasteiger partial charge < -0.3 is 10.2 Å². The summed E-state index contributed by atoms with van der Waals surface area (Å²) in [5.41, 5.74) is 0.431. The van der Waals surface area contributed by atoms with Gasteiger partial charge in [-0.15, -0.1) is 0 Å². The smallest absolute Gasteiger partial charge is 0.0220 e. The van der Waals surface area contributed by atoms with Crippen molar-refractivity contribution in [2.45, 2.75) is 72.4 Å². The maximum Gasteiger partial charge on any atom is 0.0220 e. The Balaban J connectivity index is 2.74. The third-order valence-electron chi connectivity index (χ3n) is 5.42. The van der Waals surface area contributed by atoms with Crippen LogP contribution in [0, 0.1) is 5.41 Å². The predicted octanol–water partition coefficient (Wildman–Crippen LogP) is 3.21. The first kappa shape index (κ1) is 18.9. The van der Waals surface area contributed by atoms with Crippen LogP contribution in [0.4, 0.5) is 0 Å². The fourth-order valence-electron chi connectivity index (χ4n) is 3.52. The number of nitrogens with one attached hydrogen (secondary N) is 1. The van der Waals surface area contributed by atoms with Crippen LogP contribution in [0.15, 0.2) is 0 Å². The monoisotopic (exact) mass is 297 g/mol. The van der Waals surface area contributed by atoms with E-state index in [4.69, 9.17) is 0 Å². The van der Waals surface area contributed by atoms with E-state index in [1.807, 2.05) is 0 Å². The Morgan fingerprint density at radius 2 is 1.81 bits per heavy atom. The van der Waals surface area contributed by atoms with Gasteiger partial charge in [-0.2, -0.15) is 0 Å². The summed E-state index contributed by atoms with van der Waals surface area (Å²) in [5.74, 6) is 0. The van der Waals surface area contributed by atoms with Gasteiger partial charge in [0.2, 0.25) is 0 Å². The van der Waals surface area contributed by atoms with Crippen molar-refractivity contribution < 1.29 is 0 Å². The van der Waals surface area contributed by atoms with Crippen LogP contribution in [0.5, 0.6) is 0 Å². The molecule has 1 heterocycles. The van der Waals surface area contributed by atoms with Gasteiger partial charge in [0.05, 0.1) is 0 Å². The Hall–Kier alpha value is -0.120. The molecule has 1 rings (SSSR count). The zero-order chi connectivity index (χ0) is 15.9. The Bertz CT molecular complexity index is 274. The second-order valence-corrected chi connectivity index (χ2v) is 7.39. The molecule has 1 atom stereocenters. The minimum absolute atomic E-state index is 0.431. The van der Waals surface area contributed by atoms with Crippen molar-refractivity contribution in [1.82, 2.24) is 15.1 Å². The molecule has 0 radical (unpaired) electrons. The lowest BCUT2D eigenvalue weighted by atomic mass is 9.81. The lowest BCUT2D eigenvalue weighted by Crippen LogP contribution is -2.49. The molecular weight excluding hydrogens is 258 g/mol. The summed E-state index contributed by atoms with van der Waals surface area (Å²) in [6.45, 7) is 17.8. The molecule has 0 aromatic carbocycles. The van der Waals surface area contributed by atoms with Gasteiger partial charge in [0.25, 0.3) is 0 Å². The molecule has 0 saturated carbocycles. The molecule has 0 aromatic rings. The molecule has 0 aromatic heterocycles. The number of hydrogen-bond acceptors (Lipinski definition) is 3. The number of rotatable bonds is 8. The van der Waals surface area contributed by atoms with Crippen molar-refractivity contribution in [1.29, 1.82) is 0 Å². The summed E-state index contributed by atoms with van der Waals surface area (Å²) < 4.78 is 0. The van der Waals surface area contributed by atoms with Crippen LogP contribution in [0.25, 0.3) is 0 Å². The molecule has 21 heavy (non-hydrogen) atoms. The molecule has 1 fully saturated rings. The van der Waals surface area contributed by atoms with E-state index in [2.05, 4.69) is 56.8 Å². The van der Waals surface area contributed by atoms with E-state index in [9.17, 15) is 0 Å². The van der Waals surface area contributed by atoms with Crippen molar-refractivity contribution in [2.24, 2.45) is 5.41 Å². The highest BCUT2D eigenvalue weighted by molar-refractivity contribution is 4.87. The molecule has 1 saturated heterocycles. The standard InChI is InChI=1S/C18H39N3/c1-7-17-13-20(6)11-10-12-21(17)15-18(8-2,9-3)14-19-16(4)5/h16-17,19H,7-15H2,1-6H3. The highest BCUT2D eigenvalue weighted by Gasteiger charge is 2.32. The highest BCUT2D eigenvalue weighted by atomic mass is 15.2. The number of likely N-dealkylation sites (N-methyl/N-ethyl adjacent to an activating group) is 1. The quantitative estimate of drug-likeness (QED) is 0.742. The zero-order valence-electron chi connectivity index (χ0n) is 15.4. The average Bonchev–Trinajstić information content (AvgIpc) is 2.64. The summed E-state index contributed by atoms with van der Waals surface area (Å²) in [4.78, 5) is 5.30. The average molecular weight is 298 g/mol. The largest absolute Gasteiger partial charge is 0.314 e. The van der Waals surface area contributed by atoms with Crippen LogP contribution < -0.4 is 5.32 Å². The van der Waals surface area contributed by atoms with E-state index in [0.29, 0.717) is 11.5 Å². The van der Waals surface area contributed by atoms with Gasteiger partial charge >= 0.3 is 0 Å². The Labute approximate surface area is 133 Å². The van der Waals surface area contributed by atoms with Crippen LogP contribution in [-0.2, 0) is 0 Å². The SMILES string of the molecule is CCC1CN(C)CCCN1CC(CC)(CC)CNC(C)C. The van der Waals surface area contributed by atoms with E-state index in [0.717, 1.165) is 12.6 Å². The van der Waals surface area contributed by atoms with Gasteiger partial charge in [0.1, 0.15) is 0 Å². The van der Waals surface area contributed by atoms with Crippen molar-refractivity contribution in [3.8, 4) is 0 Å². The third kappa shape index (κ3) is 5.88. The third-order valence-corrected chi connectivity index (χ3v) is 5.42. The van der Waals surface area contributed by atoms with Crippen LogP contribution in [0.3, 0.4) is 0 Å². The van der Waals surface area contributed by atoms with Gasteiger partial charge in [0.15, 0.2) is 0 Å². The van der Waals surface area contributed by atoms with Crippen LogP contribution >= 0.6 is 0 Å². The Kier molecular flexibility index (Phi) is 8.22. The molecule has 3 nitrogen and oxygen atoms in total. The van der Waals surface area contributed by atoms with Crippen LogP contribution in [-0.4, -0.2) is 61.7 Å². The summed E-state index contributed by atoms with van der Waals surface area (Å²) in [6.07, 6.45) is 5.12. The minimum Gasteiger partial charge on any atom is -0.314 e. The molecule has 0 amide bonds. The van der Waals surface area contributed by atoms with Gasteiger partial charge in [-0.3, -0.25) is 4.90 Å². The molecule has 0 aliphatic carbocycles. The lowest BCUT2D eigenvalue weighted by Gasteiger charge is -2.41. The van der Waals surface area contributed by atoms with Gasteiger partial charge in [-0.1, -0.05) is 34.6 Å². The van der Waals surface area contributed by atoms with E-state index in [-0.39, 0.29) is 0 Å². The Morgan fingerprint density at radius 1 is 1.14 bits per heavy atom. The first-order valence-corrected chi connectivity index (χ1v) is 9.12. The van der Waals surface area contributed by atoms with Gasteiger partial charge in [0, 0.05) is 31.7 Å². The molecule has 1 unspecified atom stereocenters. The van der Waals surface area contributed by atoms with Crippen molar-refractivity contribution >= 4 is 0 Å². The fraction of sp³-hybridized carbons (Fsp3) is 1.00. The number of hydrogen-bond donors (Lipinski definition) is 1. The molecule has 1 N–H and O–H groups in total. The van der Waals surface area contributed by atoms with E-state index in [1.54, 1.807) is 0 Å². The summed E-state index contributed by atoms with van der Waals surface area (Å²) >= 11 is 0. The Morgan fingerprint density at radius 3 is 2.33 bits per heavy atom. The van der Waals surface area contributed by atoms with Crippen molar-refractivity contribution in [3.63, 3.8) is 0 Å². The second kappa shape index (κ2) is 9.12. The topological polar surface area (TPSA) is 18.5 Å². The summed E-state index contributed by atoms with van der Waals surface area (Å²) in [6, 6.07) is 1.31. The molecule has 1 aliphatic heterocycles. The zero-order valence-corrected chi connectivity index (χ0v) is 15.4. The second-order valence-electron chi connectivity index (χ2n) is 7.39. The van der Waals surface area contributed by atoms with E-state index in [1.165, 1.54) is 51.9 Å². The van der Waals surface area contributed by atoms with Crippen molar-refractivity contribution in [3.05, 3.63) is 0 Å². The van der Waals surface area contributed by atoms with Gasteiger partial charge in [-0.25, -0.2) is 0 Å². The van der Waals surface area contributed by atoms with Crippen LogP contribution in [0.1, 0.15) is 60.3 Å². The number of nitrogens with zero attached hydrogens (tertiary/aromatic N) is 2. The molecule has 1 aliphatic rings. The van der Waals surface area contributed by atoms with E-state index >= 15 is 0 Å². The molecule has 126 valence electrons. The predicted molar refractivity (Wildman–Crippen MR) is 93.9 cm³/mol. The molecule has 0 bridgehead atoms. The van der Waals surface area contributed by atoms with E-state index < -0.39 is 0 Å². The highest BCUT2D eigenvalue weighted by Crippen LogP contribution is 2.29. The molecular formula is C18H39N3. The van der Waals surface area contributed by atoms with Crippen molar-refractivity contribution in [2.75, 3.05) is 39.8 Å². The minimum atomic E-state index is 0.431. The lowest BCUT2D eigenvalue weighted by molar-refractivity contribution is 0.0941. The fourth-order valence-corrected chi connectivity index (χ4v) is 3.52. The van der Waals surface area contributed by atoms with Crippen LogP contribution in [0.2, 0.25) is 0 Å². The summed E-state index contributed by atoms with van der Waals surface area (Å²) in [5, 5.41) is 3.70. The first-order chi connectivity index (χ1) is 9.96. The van der Waals surface area contributed by atoms with Gasteiger partial charge in [-0.05, 0) is 51.2 Å². The normalized spacial score (nSPS) is 22.7. The first-order valence-electron chi connectivity index (χ1n) is 9.12. The summed E-state index contributed by atoms with van der Waals surface area (Å²) in [7, 11) is 2.28. The maximum absolute atomic E-state index is 3.70. The molecule has 0 spiro atoms. The maximum atomic E-state index is 3.70.